The van der Waals surface area contributed by atoms with E-state index in [0.29, 0.717) is 11.4 Å². The number of hydrogen-bond donors (Lipinski definition) is 2. The molecule has 3 rings (SSSR count). The van der Waals surface area contributed by atoms with Crippen LogP contribution in [0, 0.1) is 0 Å². The van der Waals surface area contributed by atoms with E-state index in [2.05, 4.69) is 20.7 Å². The Morgan fingerprint density at radius 2 is 2.00 bits per heavy atom. The molecule has 1 amide bonds. The maximum absolute atomic E-state index is 12.3. The first-order valence-electron chi connectivity index (χ1n) is 8.35. The summed E-state index contributed by atoms with van der Waals surface area (Å²) in [7, 11) is 1.61. The molecule has 0 saturated heterocycles. The highest BCUT2D eigenvalue weighted by Gasteiger charge is 2.19. The third-order valence-electron chi connectivity index (χ3n) is 4.13. The third kappa shape index (κ3) is 3.59. The number of hydrogen-bond acceptors (Lipinski definition) is 4. The average Bonchev–Trinajstić information content (AvgIpc) is 3.12. The van der Waals surface area contributed by atoms with E-state index in [9.17, 15) is 4.79 Å². The van der Waals surface area contributed by atoms with Gasteiger partial charge in [0.15, 0.2) is 5.69 Å². The number of H-pyrrole nitrogens is 1. The van der Waals surface area contributed by atoms with Gasteiger partial charge in [-0.3, -0.25) is 9.89 Å². The van der Waals surface area contributed by atoms with Gasteiger partial charge < -0.3 is 4.74 Å². The highest BCUT2D eigenvalue weighted by atomic mass is 16.5. The van der Waals surface area contributed by atoms with Gasteiger partial charge in [-0.05, 0) is 22.9 Å². The van der Waals surface area contributed by atoms with Crippen molar-refractivity contribution in [3.05, 3.63) is 59.4 Å². The molecule has 0 spiro atoms. The third-order valence-corrected chi connectivity index (χ3v) is 4.13. The minimum absolute atomic E-state index is 0.106. The average molecular weight is 350 g/mol. The van der Waals surface area contributed by atoms with E-state index in [0.717, 1.165) is 22.0 Å². The normalized spacial score (nSPS) is 11.8. The number of aromatic nitrogens is 2. The molecule has 2 N–H and O–H groups in total. The SMILES string of the molecule is COc1ccc2ccccc2c1C=NNC(=O)c1cc(C(C)(C)C)[nH]n1. The Morgan fingerprint density at radius 1 is 1.23 bits per heavy atom. The van der Waals surface area contributed by atoms with E-state index in [-0.39, 0.29) is 11.3 Å². The first-order chi connectivity index (χ1) is 12.4. The number of ether oxygens (including phenoxy) is 1. The van der Waals surface area contributed by atoms with Crippen LogP contribution >= 0.6 is 0 Å². The Labute approximate surface area is 152 Å². The van der Waals surface area contributed by atoms with Gasteiger partial charge in [-0.15, -0.1) is 0 Å². The Bertz CT molecular complexity index is 967. The van der Waals surface area contributed by atoms with E-state index in [1.165, 1.54) is 0 Å². The summed E-state index contributed by atoms with van der Waals surface area (Å²) in [4.78, 5) is 12.3. The van der Waals surface area contributed by atoms with Crippen LogP contribution in [0.5, 0.6) is 5.75 Å². The van der Waals surface area contributed by atoms with E-state index in [1.54, 1.807) is 19.4 Å². The van der Waals surface area contributed by atoms with E-state index in [4.69, 9.17) is 4.74 Å². The lowest BCUT2D eigenvalue weighted by molar-refractivity contribution is 0.0950. The van der Waals surface area contributed by atoms with Crippen LogP contribution in [0.4, 0.5) is 0 Å². The summed E-state index contributed by atoms with van der Waals surface area (Å²) >= 11 is 0. The molecule has 0 aliphatic carbocycles. The molecule has 2 aromatic carbocycles. The van der Waals surface area contributed by atoms with Gasteiger partial charge in [-0.25, -0.2) is 5.43 Å². The molecule has 0 unspecified atom stereocenters. The van der Waals surface area contributed by atoms with Gasteiger partial charge in [-0.1, -0.05) is 51.1 Å². The van der Waals surface area contributed by atoms with Crippen LogP contribution < -0.4 is 10.2 Å². The fraction of sp³-hybridized carbons (Fsp3) is 0.250. The van der Waals surface area contributed by atoms with E-state index in [1.807, 2.05) is 57.2 Å². The molecule has 0 aliphatic heterocycles. The lowest BCUT2D eigenvalue weighted by Gasteiger charge is -2.14. The number of nitrogens with zero attached hydrogens (tertiary/aromatic N) is 2. The number of rotatable bonds is 4. The Balaban J connectivity index is 1.81. The number of hydrazone groups is 1. The minimum Gasteiger partial charge on any atom is -0.496 e. The quantitative estimate of drug-likeness (QED) is 0.557. The van der Waals surface area contributed by atoms with Crippen molar-refractivity contribution in [1.29, 1.82) is 0 Å². The molecule has 1 heterocycles. The highest BCUT2D eigenvalue weighted by molar-refractivity contribution is 6.03. The number of amides is 1. The molecule has 134 valence electrons. The van der Waals surface area contributed by atoms with Gasteiger partial charge in [0.2, 0.25) is 0 Å². The van der Waals surface area contributed by atoms with Crippen molar-refractivity contribution >= 4 is 22.9 Å². The zero-order valence-corrected chi connectivity index (χ0v) is 15.3. The summed E-state index contributed by atoms with van der Waals surface area (Å²) in [6.45, 7) is 6.15. The molecular weight excluding hydrogens is 328 g/mol. The van der Waals surface area contributed by atoms with Crippen LogP contribution in [0.15, 0.2) is 47.6 Å². The second-order valence-electron chi connectivity index (χ2n) is 7.02. The highest BCUT2D eigenvalue weighted by Crippen LogP contribution is 2.26. The summed E-state index contributed by atoms with van der Waals surface area (Å²) < 4.78 is 5.42. The van der Waals surface area contributed by atoms with Crippen LogP contribution in [-0.2, 0) is 5.41 Å². The van der Waals surface area contributed by atoms with Crippen molar-refractivity contribution in [2.45, 2.75) is 26.2 Å². The minimum atomic E-state index is -0.368. The van der Waals surface area contributed by atoms with Crippen LogP contribution in [0.3, 0.4) is 0 Å². The first-order valence-corrected chi connectivity index (χ1v) is 8.35. The molecule has 0 bridgehead atoms. The zero-order valence-electron chi connectivity index (χ0n) is 15.3. The van der Waals surface area contributed by atoms with Gasteiger partial charge in [0.1, 0.15) is 5.75 Å². The zero-order chi connectivity index (χ0) is 18.7. The largest absolute Gasteiger partial charge is 0.496 e. The molecule has 26 heavy (non-hydrogen) atoms. The molecule has 0 atom stereocenters. The van der Waals surface area contributed by atoms with Crippen LogP contribution in [0.2, 0.25) is 0 Å². The number of benzene rings is 2. The number of nitrogens with one attached hydrogen (secondary N) is 2. The molecule has 0 saturated carbocycles. The topological polar surface area (TPSA) is 79.4 Å². The van der Waals surface area contributed by atoms with Crippen LogP contribution in [0.1, 0.15) is 42.5 Å². The number of carbonyl (C=O) groups is 1. The van der Waals surface area contributed by atoms with Crippen molar-refractivity contribution < 1.29 is 9.53 Å². The Kier molecular flexibility index (Phi) is 4.75. The molecule has 0 aliphatic rings. The maximum Gasteiger partial charge on any atom is 0.291 e. The van der Waals surface area contributed by atoms with Crippen LogP contribution in [-0.4, -0.2) is 29.4 Å². The first kappa shape index (κ1) is 17.7. The summed E-state index contributed by atoms with van der Waals surface area (Å²) in [5, 5.41) is 13.1. The fourth-order valence-electron chi connectivity index (χ4n) is 2.62. The second kappa shape index (κ2) is 7.00. The Morgan fingerprint density at radius 3 is 2.69 bits per heavy atom. The van der Waals surface area contributed by atoms with Crippen molar-refractivity contribution in [3.8, 4) is 5.75 Å². The molecular formula is C20H22N4O2. The summed E-state index contributed by atoms with van der Waals surface area (Å²) in [5.74, 6) is 0.323. The molecule has 0 fully saturated rings. The summed E-state index contributed by atoms with van der Waals surface area (Å²) in [5.41, 5.74) is 4.42. The second-order valence-corrected chi connectivity index (χ2v) is 7.02. The number of aromatic amines is 1. The summed E-state index contributed by atoms with van der Waals surface area (Å²) in [6, 6.07) is 13.5. The predicted molar refractivity (Wildman–Crippen MR) is 103 cm³/mol. The smallest absolute Gasteiger partial charge is 0.291 e. The predicted octanol–water partition coefficient (Wildman–Crippen LogP) is 3.63. The lowest BCUT2D eigenvalue weighted by Crippen LogP contribution is -2.18. The van der Waals surface area contributed by atoms with Crippen molar-refractivity contribution in [2.75, 3.05) is 7.11 Å². The van der Waals surface area contributed by atoms with Gasteiger partial charge >= 0.3 is 0 Å². The summed E-state index contributed by atoms with van der Waals surface area (Å²) in [6.07, 6.45) is 1.59. The monoisotopic (exact) mass is 350 g/mol. The van der Waals surface area contributed by atoms with Gasteiger partial charge in [0, 0.05) is 16.7 Å². The van der Waals surface area contributed by atoms with Crippen molar-refractivity contribution in [2.24, 2.45) is 5.10 Å². The fourth-order valence-corrected chi connectivity index (χ4v) is 2.62. The van der Waals surface area contributed by atoms with Gasteiger partial charge in [0.05, 0.1) is 13.3 Å². The number of methoxy groups -OCH3 is 1. The van der Waals surface area contributed by atoms with Gasteiger partial charge in [0.25, 0.3) is 5.91 Å². The van der Waals surface area contributed by atoms with Crippen molar-refractivity contribution in [3.63, 3.8) is 0 Å². The molecule has 6 nitrogen and oxygen atoms in total. The van der Waals surface area contributed by atoms with Crippen LogP contribution in [0.25, 0.3) is 10.8 Å². The van der Waals surface area contributed by atoms with E-state index < -0.39 is 0 Å². The molecule has 1 aromatic heterocycles. The van der Waals surface area contributed by atoms with Gasteiger partial charge in [-0.2, -0.15) is 10.2 Å². The molecule has 0 radical (unpaired) electrons. The maximum atomic E-state index is 12.3. The lowest BCUT2D eigenvalue weighted by atomic mass is 9.92. The Hall–Kier alpha value is -3.15. The van der Waals surface area contributed by atoms with Crippen molar-refractivity contribution in [1.82, 2.24) is 15.6 Å². The number of carbonyl (C=O) groups excluding carboxylic acids is 1. The molecule has 3 aromatic rings. The standard InChI is InChI=1S/C20H22N4O2/c1-20(2,3)18-11-16(22-23-18)19(25)24-21-12-15-14-8-6-5-7-13(14)9-10-17(15)26-4/h5-12H,1-4H3,(H,22,23)(H,24,25). The van der Waals surface area contributed by atoms with E-state index >= 15 is 0 Å². The number of fused-ring (bicyclic) bond motifs is 1. The molecule has 6 heteroatoms.